The summed E-state index contributed by atoms with van der Waals surface area (Å²) in [7, 11) is 0. The van der Waals surface area contributed by atoms with Crippen molar-refractivity contribution >= 4 is 18.0 Å². The fourth-order valence-electron chi connectivity index (χ4n) is 0.269. The first-order valence-electron chi connectivity index (χ1n) is 2.55. The lowest BCUT2D eigenvalue weighted by atomic mass is 10.6. The number of oxime groups is 1. The maximum absolute atomic E-state index is 7.94. The molecule has 1 N–H and O–H groups in total. The third-order valence-corrected chi connectivity index (χ3v) is 1.59. The normalized spacial score (nSPS) is 11.4. The molecule has 0 unspecified atom stereocenters. The molecule has 0 aliphatic rings. The topological polar surface area (TPSA) is 32.6 Å². The van der Waals surface area contributed by atoms with Crippen LogP contribution in [0.2, 0.25) is 0 Å². The molecule has 3 heteroatoms. The predicted octanol–water partition coefficient (Wildman–Crippen LogP) is 1.59. The van der Waals surface area contributed by atoms with E-state index in [2.05, 4.69) is 19.0 Å². The molecular formula is C5H11NOS. The Bertz CT molecular complexity index is 72.8. The summed E-state index contributed by atoms with van der Waals surface area (Å²) in [6.07, 6.45) is 1.49. The van der Waals surface area contributed by atoms with Crippen LogP contribution in [-0.2, 0) is 0 Å². The fourth-order valence-corrected chi connectivity index (χ4v) is 0.806. The lowest BCUT2D eigenvalue weighted by Gasteiger charge is -1.97. The number of nitrogens with zero attached hydrogens (tertiary/aromatic N) is 1. The molecule has 48 valence electrons. The highest BCUT2D eigenvalue weighted by molar-refractivity contribution is 8.00. The quantitative estimate of drug-likeness (QED) is 0.360. The van der Waals surface area contributed by atoms with Gasteiger partial charge in [-0.3, -0.25) is 0 Å². The second-order valence-corrected chi connectivity index (χ2v) is 3.29. The van der Waals surface area contributed by atoms with Gasteiger partial charge in [-0.05, 0) is 5.25 Å². The highest BCUT2D eigenvalue weighted by Crippen LogP contribution is 2.05. The van der Waals surface area contributed by atoms with Crippen molar-refractivity contribution in [1.82, 2.24) is 0 Å². The van der Waals surface area contributed by atoms with Gasteiger partial charge in [0.1, 0.15) is 0 Å². The van der Waals surface area contributed by atoms with Crippen LogP contribution in [0.3, 0.4) is 0 Å². The molecule has 8 heavy (non-hydrogen) atoms. The smallest absolute Gasteiger partial charge is 0.0535 e. The average Bonchev–Trinajstić information content (AvgIpc) is 1.66. The Kier molecular flexibility index (Phi) is 4.85. The molecule has 0 aliphatic carbocycles. The summed E-state index contributed by atoms with van der Waals surface area (Å²) in [4.78, 5) is 0. The van der Waals surface area contributed by atoms with Crippen molar-refractivity contribution in [3.63, 3.8) is 0 Å². The van der Waals surface area contributed by atoms with Gasteiger partial charge in [-0.15, -0.1) is 5.16 Å². The summed E-state index contributed by atoms with van der Waals surface area (Å²) in [5, 5.41) is 11.4. The molecule has 0 heterocycles. The SMILES string of the molecule is CC(C)SCC=NO. The fraction of sp³-hybridized carbons (Fsp3) is 0.800. The standard InChI is InChI=1S/C5H11NOS/c1-5(2)8-4-3-6-7/h3,5,7H,4H2,1-2H3. The van der Waals surface area contributed by atoms with Gasteiger partial charge in [0.2, 0.25) is 0 Å². The minimum Gasteiger partial charge on any atom is -0.411 e. The summed E-state index contributed by atoms with van der Waals surface area (Å²) in [6, 6.07) is 0. The Hall–Kier alpha value is -0.180. The second-order valence-electron chi connectivity index (χ2n) is 1.68. The van der Waals surface area contributed by atoms with E-state index in [1.807, 2.05) is 0 Å². The molecule has 0 aliphatic heterocycles. The van der Waals surface area contributed by atoms with Crippen LogP contribution < -0.4 is 0 Å². The van der Waals surface area contributed by atoms with Crippen LogP contribution in [0.5, 0.6) is 0 Å². The Morgan fingerprint density at radius 3 is 2.75 bits per heavy atom. The van der Waals surface area contributed by atoms with E-state index in [0.717, 1.165) is 5.75 Å². The summed E-state index contributed by atoms with van der Waals surface area (Å²) in [5.74, 6) is 0.800. The summed E-state index contributed by atoms with van der Waals surface area (Å²) in [5.41, 5.74) is 0. The van der Waals surface area contributed by atoms with Gasteiger partial charge >= 0.3 is 0 Å². The van der Waals surface area contributed by atoms with Gasteiger partial charge in [-0.1, -0.05) is 13.8 Å². The molecule has 0 aromatic rings. The summed E-state index contributed by atoms with van der Waals surface area (Å²) < 4.78 is 0. The molecule has 2 nitrogen and oxygen atoms in total. The monoisotopic (exact) mass is 133 g/mol. The molecule has 0 radical (unpaired) electrons. The van der Waals surface area contributed by atoms with Crippen molar-refractivity contribution in [1.29, 1.82) is 0 Å². The first-order chi connectivity index (χ1) is 3.77. The zero-order chi connectivity index (χ0) is 6.41. The minimum atomic E-state index is 0.619. The van der Waals surface area contributed by atoms with Gasteiger partial charge in [0.05, 0.1) is 6.21 Å². The van der Waals surface area contributed by atoms with Crippen molar-refractivity contribution in [2.24, 2.45) is 5.16 Å². The highest BCUT2D eigenvalue weighted by atomic mass is 32.2. The molecule has 0 aromatic carbocycles. The maximum Gasteiger partial charge on any atom is 0.0535 e. The predicted molar refractivity (Wildman–Crippen MR) is 37.9 cm³/mol. The number of rotatable bonds is 3. The molecule has 0 atom stereocenters. The van der Waals surface area contributed by atoms with Crippen LogP contribution >= 0.6 is 11.8 Å². The Balaban J connectivity index is 2.93. The van der Waals surface area contributed by atoms with Crippen LogP contribution in [0.4, 0.5) is 0 Å². The van der Waals surface area contributed by atoms with Crippen molar-refractivity contribution in [3.05, 3.63) is 0 Å². The molecule has 0 aromatic heterocycles. The lowest BCUT2D eigenvalue weighted by molar-refractivity contribution is 0.321. The van der Waals surface area contributed by atoms with E-state index in [9.17, 15) is 0 Å². The maximum atomic E-state index is 7.94. The number of hydrogen-bond donors (Lipinski definition) is 1. The molecule has 0 saturated heterocycles. The van der Waals surface area contributed by atoms with Gasteiger partial charge in [0, 0.05) is 5.75 Å². The zero-order valence-electron chi connectivity index (χ0n) is 5.16. The van der Waals surface area contributed by atoms with Gasteiger partial charge < -0.3 is 5.21 Å². The number of hydrogen-bond acceptors (Lipinski definition) is 3. The molecular weight excluding hydrogens is 122 g/mol. The van der Waals surface area contributed by atoms with E-state index in [1.165, 1.54) is 6.21 Å². The van der Waals surface area contributed by atoms with E-state index < -0.39 is 0 Å². The first kappa shape index (κ1) is 7.82. The van der Waals surface area contributed by atoms with Crippen LogP contribution in [0.15, 0.2) is 5.16 Å². The van der Waals surface area contributed by atoms with E-state index in [1.54, 1.807) is 11.8 Å². The average molecular weight is 133 g/mol. The van der Waals surface area contributed by atoms with Crippen molar-refractivity contribution in [3.8, 4) is 0 Å². The Labute approximate surface area is 54.0 Å². The van der Waals surface area contributed by atoms with Crippen LogP contribution in [0.25, 0.3) is 0 Å². The van der Waals surface area contributed by atoms with E-state index in [4.69, 9.17) is 5.21 Å². The summed E-state index contributed by atoms with van der Waals surface area (Å²) in [6.45, 7) is 4.21. The third-order valence-electron chi connectivity index (χ3n) is 0.586. The lowest BCUT2D eigenvalue weighted by Crippen LogP contribution is -1.89. The van der Waals surface area contributed by atoms with E-state index >= 15 is 0 Å². The van der Waals surface area contributed by atoms with Crippen LogP contribution in [0.1, 0.15) is 13.8 Å². The van der Waals surface area contributed by atoms with Crippen molar-refractivity contribution < 1.29 is 5.21 Å². The van der Waals surface area contributed by atoms with Crippen molar-refractivity contribution in [2.45, 2.75) is 19.1 Å². The molecule has 0 saturated carbocycles. The molecule has 0 bridgehead atoms. The molecule has 0 amide bonds. The van der Waals surface area contributed by atoms with Gasteiger partial charge in [-0.25, -0.2) is 0 Å². The highest BCUT2D eigenvalue weighted by Gasteiger charge is 1.88. The van der Waals surface area contributed by atoms with E-state index in [0.29, 0.717) is 5.25 Å². The Morgan fingerprint density at radius 1 is 1.75 bits per heavy atom. The largest absolute Gasteiger partial charge is 0.411 e. The van der Waals surface area contributed by atoms with Gasteiger partial charge in [0.25, 0.3) is 0 Å². The second kappa shape index (κ2) is 4.97. The van der Waals surface area contributed by atoms with Crippen molar-refractivity contribution in [2.75, 3.05) is 5.75 Å². The number of thioether (sulfide) groups is 1. The minimum absolute atomic E-state index is 0.619. The molecule has 0 rings (SSSR count). The Morgan fingerprint density at radius 2 is 2.38 bits per heavy atom. The van der Waals surface area contributed by atoms with Gasteiger partial charge in [-0.2, -0.15) is 11.8 Å². The van der Waals surface area contributed by atoms with E-state index in [-0.39, 0.29) is 0 Å². The molecule has 0 fully saturated rings. The van der Waals surface area contributed by atoms with Crippen LogP contribution in [-0.4, -0.2) is 22.4 Å². The third kappa shape index (κ3) is 5.82. The van der Waals surface area contributed by atoms with Crippen LogP contribution in [0, 0.1) is 0 Å². The molecule has 0 spiro atoms. The summed E-state index contributed by atoms with van der Waals surface area (Å²) >= 11 is 1.75. The first-order valence-corrected chi connectivity index (χ1v) is 3.59. The van der Waals surface area contributed by atoms with Gasteiger partial charge in [0.15, 0.2) is 0 Å². The zero-order valence-corrected chi connectivity index (χ0v) is 5.98.